The van der Waals surface area contributed by atoms with Crippen molar-refractivity contribution in [1.29, 1.82) is 0 Å². The van der Waals surface area contributed by atoms with E-state index in [-0.39, 0.29) is 5.24 Å². The third-order valence-electron chi connectivity index (χ3n) is 2.24. The summed E-state index contributed by atoms with van der Waals surface area (Å²) in [7, 11) is 3.35. The Morgan fingerprint density at radius 3 is 2.90 bits per heavy atom. The first-order valence-electron chi connectivity index (χ1n) is 5.65. The Labute approximate surface area is 130 Å². The van der Waals surface area contributed by atoms with E-state index in [1.807, 2.05) is 18.2 Å². The van der Waals surface area contributed by atoms with E-state index in [1.54, 1.807) is 20.2 Å². The quantitative estimate of drug-likeness (QED) is 0.803. The smallest absolute Gasteiger partial charge is 0.294 e. The van der Waals surface area contributed by atoms with E-state index in [9.17, 15) is 4.79 Å². The first-order chi connectivity index (χ1) is 9.56. The Morgan fingerprint density at radius 1 is 1.45 bits per heavy atom. The Hall–Kier alpha value is -1.31. The van der Waals surface area contributed by atoms with Crippen molar-refractivity contribution >= 4 is 40.1 Å². The van der Waals surface area contributed by atoms with Crippen LogP contribution < -0.4 is 4.74 Å². The van der Waals surface area contributed by atoms with Crippen molar-refractivity contribution in [2.45, 2.75) is 11.8 Å². The molecular formula is C12H12ClN3O2S2. The number of hydrogen-bond acceptors (Lipinski definition) is 6. The number of carbonyl (C=O) groups is 1. The monoisotopic (exact) mass is 329 g/mol. The van der Waals surface area contributed by atoms with Crippen LogP contribution in [0.15, 0.2) is 29.4 Å². The Bertz CT molecular complexity index is 604. The Morgan fingerprint density at radius 2 is 2.20 bits per heavy atom. The van der Waals surface area contributed by atoms with Gasteiger partial charge in [0.15, 0.2) is 0 Å². The van der Waals surface area contributed by atoms with Gasteiger partial charge in [-0.25, -0.2) is 0 Å². The van der Waals surface area contributed by atoms with Crippen LogP contribution in [0.2, 0.25) is 5.02 Å². The number of rotatable bonds is 4. The first-order valence-corrected chi connectivity index (χ1v) is 7.62. The molecule has 1 amide bonds. The SMILES string of the molecule is CN(C)C(=O)Sc1nsc(OCc2ccccc2Cl)n1. The van der Waals surface area contributed by atoms with Crippen LogP contribution in [0.4, 0.5) is 4.79 Å². The van der Waals surface area contributed by atoms with Gasteiger partial charge >= 0.3 is 0 Å². The van der Waals surface area contributed by atoms with E-state index < -0.39 is 0 Å². The minimum atomic E-state index is -0.125. The zero-order chi connectivity index (χ0) is 14.5. The van der Waals surface area contributed by atoms with Crippen molar-refractivity contribution in [3.05, 3.63) is 34.9 Å². The highest BCUT2D eigenvalue weighted by atomic mass is 35.5. The number of aromatic nitrogens is 2. The molecule has 1 aromatic heterocycles. The lowest BCUT2D eigenvalue weighted by Crippen LogP contribution is -2.16. The molecule has 5 nitrogen and oxygen atoms in total. The number of carbonyl (C=O) groups excluding carboxylic acids is 1. The predicted octanol–water partition coefficient (Wildman–Crippen LogP) is 3.54. The fraction of sp³-hybridized carbons (Fsp3) is 0.250. The molecule has 1 aromatic carbocycles. The molecule has 1 heterocycles. The fourth-order valence-corrected chi connectivity index (χ4v) is 2.63. The summed E-state index contributed by atoms with van der Waals surface area (Å²) in [6.45, 7) is 0.320. The van der Waals surface area contributed by atoms with Crippen LogP contribution in [0.3, 0.4) is 0 Å². The molecule has 0 spiro atoms. The topological polar surface area (TPSA) is 55.3 Å². The van der Waals surface area contributed by atoms with Gasteiger partial charge in [-0.1, -0.05) is 29.8 Å². The van der Waals surface area contributed by atoms with Crippen LogP contribution in [0, 0.1) is 0 Å². The zero-order valence-corrected chi connectivity index (χ0v) is 13.3. The highest BCUT2D eigenvalue weighted by molar-refractivity contribution is 8.13. The summed E-state index contributed by atoms with van der Waals surface area (Å²) >= 11 is 8.11. The highest BCUT2D eigenvalue weighted by Gasteiger charge is 2.13. The first kappa shape index (κ1) is 15.1. The predicted molar refractivity (Wildman–Crippen MR) is 80.6 cm³/mol. The molecule has 0 bridgehead atoms. The summed E-state index contributed by atoms with van der Waals surface area (Å²) in [6, 6.07) is 7.44. The van der Waals surface area contributed by atoms with Crippen molar-refractivity contribution in [3.8, 4) is 5.19 Å². The van der Waals surface area contributed by atoms with E-state index in [0.717, 1.165) is 28.9 Å². The highest BCUT2D eigenvalue weighted by Crippen LogP contribution is 2.25. The number of amides is 1. The van der Waals surface area contributed by atoms with Gasteiger partial charge in [-0.15, -0.1) is 0 Å². The van der Waals surface area contributed by atoms with Gasteiger partial charge in [-0.05, 0) is 6.07 Å². The minimum Gasteiger partial charge on any atom is -0.464 e. The number of nitrogens with zero attached hydrogens (tertiary/aromatic N) is 3. The second-order valence-electron chi connectivity index (χ2n) is 3.99. The van der Waals surface area contributed by atoms with Gasteiger partial charge in [0.05, 0.1) is 0 Å². The molecule has 0 saturated heterocycles. The zero-order valence-electron chi connectivity index (χ0n) is 10.9. The minimum absolute atomic E-state index is 0.125. The molecule has 2 aromatic rings. The molecule has 2 rings (SSSR count). The van der Waals surface area contributed by atoms with E-state index in [0.29, 0.717) is 22.0 Å². The lowest BCUT2D eigenvalue weighted by Gasteiger charge is -2.06. The van der Waals surface area contributed by atoms with Gasteiger partial charge in [0.1, 0.15) is 6.61 Å². The standard InChI is InChI=1S/C12H12ClN3O2S2/c1-16(2)12(17)19-10-14-11(20-15-10)18-7-8-5-3-4-6-9(8)13/h3-6H,7H2,1-2H3. The lowest BCUT2D eigenvalue weighted by atomic mass is 10.2. The molecule has 0 unspecified atom stereocenters. The summed E-state index contributed by atoms with van der Waals surface area (Å²) in [5.74, 6) is 0. The van der Waals surface area contributed by atoms with Crippen LogP contribution in [-0.2, 0) is 6.61 Å². The van der Waals surface area contributed by atoms with Crippen LogP contribution >= 0.6 is 34.9 Å². The Kier molecular flexibility index (Phi) is 5.22. The molecule has 0 aliphatic carbocycles. The molecule has 0 aliphatic rings. The van der Waals surface area contributed by atoms with Gasteiger partial charge in [0, 0.05) is 48.0 Å². The number of benzene rings is 1. The largest absolute Gasteiger partial charge is 0.464 e. The van der Waals surface area contributed by atoms with Gasteiger partial charge in [0.25, 0.3) is 10.4 Å². The van der Waals surface area contributed by atoms with Gasteiger partial charge in [-0.3, -0.25) is 4.79 Å². The number of hydrogen-bond donors (Lipinski definition) is 0. The normalized spacial score (nSPS) is 10.3. The molecule has 0 saturated carbocycles. The maximum absolute atomic E-state index is 11.5. The molecule has 0 aliphatic heterocycles. The molecule has 20 heavy (non-hydrogen) atoms. The second-order valence-corrected chi connectivity index (χ2v) is 6.03. The summed E-state index contributed by atoms with van der Waals surface area (Å²) < 4.78 is 9.58. The molecule has 0 fully saturated rings. The molecule has 0 atom stereocenters. The van der Waals surface area contributed by atoms with Gasteiger partial charge < -0.3 is 9.64 Å². The molecule has 0 radical (unpaired) electrons. The second kappa shape index (κ2) is 6.92. The maximum atomic E-state index is 11.5. The van der Waals surface area contributed by atoms with Crippen molar-refractivity contribution < 1.29 is 9.53 Å². The van der Waals surface area contributed by atoms with Gasteiger partial charge in [-0.2, -0.15) is 9.36 Å². The lowest BCUT2D eigenvalue weighted by molar-refractivity contribution is 0.241. The van der Waals surface area contributed by atoms with Crippen LogP contribution in [0.1, 0.15) is 5.56 Å². The number of ether oxygens (including phenoxy) is 1. The van der Waals surface area contributed by atoms with Gasteiger partial charge in [0.2, 0.25) is 5.16 Å². The maximum Gasteiger partial charge on any atom is 0.294 e. The van der Waals surface area contributed by atoms with E-state index in [4.69, 9.17) is 16.3 Å². The van der Waals surface area contributed by atoms with Crippen LogP contribution in [-0.4, -0.2) is 33.6 Å². The van der Waals surface area contributed by atoms with E-state index >= 15 is 0 Å². The molecule has 106 valence electrons. The average Bonchev–Trinajstić information content (AvgIpc) is 2.85. The summed E-state index contributed by atoms with van der Waals surface area (Å²) in [4.78, 5) is 17.1. The third-order valence-corrected chi connectivity index (χ3v) is 4.26. The van der Waals surface area contributed by atoms with Crippen LogP contribution in [0.5, 0.6) is 5.19 Å². The molecular weight excluding hydrogens is 318 g/mol. The molecule has 0 N–H and O–H groups in total. The summed E-state index contributed by atoms with van der Waals surface area (Å²) in [5.41, 5.74) is 0.878. The number of halogens is 1. The van der Waals surface area contributed by atoms with Crippen LogP contribution in [0.25, 0.3) is 0 Å². The van der Waals surface area contributed by atoms with Crippen molar-refractivity contribution in [2.75, 3.05) is 14.1 Å². The Balaban J connectivity index is 1.93. The number of thioether (sulfide) groups is 1. The fourth-order valence-electron chi connectivity index (χ4n) is 1.22. The van der Waals surface area contributed by atoms with Crippen molar-refractivity contribution in [1.82, 2.24) is 14.3 Å². The third kappa shape index (κ3) is 4.09. The van der Waals surface area contributed by atoms with E-state index in [1.165, 1.54) is 4.90 Å². The van der Waals surface area contributed by atoms with Crippen molar-refractivity contribution in [3.63, 3.8) is 0 Å². The molecule has 8 heteroatoms. The summed E-state index contributed by atoms with van der Waals surface area (Å²) in [5, 5.41) is 1.33. The average molecular weight is 330 g/mol. The van der Waals surface area contributed by atoms with Crippen molar-refractivity contribution in [2.24, 2.45) is 0 Å². The van der Waals surface area contributed by atoms with E-state index in [2.05, 4.69) is 9.36 Å². The summed E-state index contributed by atoms with van der Waals surface area (Å²) in [6.07, 6.45) is 0.